The lowest BCUT2D eigenvalue weighted by atomic mass is 9.99. The van der Waals surface area contributed by atoms with E-state index in [9.17, 15) is 25.2 Å². The van der Waals surface area contributed by atoms with Crippen LogP contribution in [0.15, 0.2) is 12.2 Å². The number of aliphatic hydroxyl groups is 4. The topological polar surface area (TPSA) is 135 Å². The minimum Gasteiger partial charge on any atom is -0.457 e. The summed E-state index contributed by atoms with van der Waals surface area (Å²) in [6, 6.07) is 0. The molecule has 6 atom stereocenters. The molecule has 0 amide bonds. The molecule has 1 aliphatic heterocycles. The van der Waals surface area contributed by atoms with E-state index in [1.54, 1.807) is 0 Å². The number of carbonyl (C=O) groups excluding carboxylic acids is 1. The summed E-state index contributed by atoms with van der Waals surface area (Å²) in [5.41, 5.74) is 0. The van der Waals surface area contributed by atoms with Crippen LogP contribution in [0.3, 0.4) is 0 Å². The number of esters is 1. The molecule has 1 aliphatic rings. The highest BCUT2D eigenvalue weighted by Gasteiger charge is 2.44. The number of unbranched alkanes of at least 4 members (excludes halogenated alkanes) is 26. The van der Waals surface area contributed by atoms with E-state index in [4.69, 9.17) is 18.9 Å². The summed E-state index contributed by atoms with van der Waals surface area (Å²) in [5, 5.41) is 40.0. The molecule has 1 saturated heterocycles. The molecule has 6 unspecified atom stereocenters. The van der Waals surface area contributed by atoms with Crippen LogP contribution in [-0.4, -0.2) is 89.6 Å². The van der Waals surface area contributed by atoms with E-state index < -0.39 is 43.4 Å². The Morgan fingerprint density at radius 2 is 1.02 bits per heavy atom. The number of hydrogen-bond donors (Lipinski definition) is 4. The molecule has 1 fully saturated rings. The van der Waals surface area contributed by atoms with E-state index in [0.29, 0.717) is 13.0 Å². The lowest BCUT2D eigenvalue weighted by Crippen LogP contribution is -2.59. The smallest absolute Gasteiger partial charge is 0.306 e. The molecule has 0 spiro atoms. The normalized spacial score (nSPS) is 20.9. The van der Waals surface area contributed by atoms with Crippen LogP contribution in [0.25, 0.3) is 0 Å². The van der Waals surface area contributed by atoms with Crippen LogP contribution >= 0.6 is 0 Å². The zero-order valence-corrected chi connectivity index (χ0v) is 35.0. The second-order valence-electron chi connectivity index (χ2n) is 15.9. The Morgan fingerprint density at radius 1 is 0.574 bits per heavy atom. The molecule has 9 nitrogen and oxygen atoms in total. The van der Waals surface area contributed by atoms with Crippen LogP contribution < -0.4 is 0 Å². The highest BCUT2D eigenvalue weighted by Crippen LogP contribution is 2.23. The Labute approximate surface area is 331 Å². The van der Waals surface area contributed by atoms with Gasteiger partial charge in [-0.2, -0.15) is 0 Å². The third-order valence-electron chi connectivity index (χ3n) is 10.7. The Balaban J connectivity index is 2.17. The van der Waals surface area contributed by atoms with Crippen molar-refractivity contribution in [3.8, 4) is 0 Å². The summed E-state index contributed by atoms with van der Waals surface area (Å²) in [5.74, 6) is -0.315. The third-order valence-corrected chi connectivity index (χ3v) is 10.7. The maximum Gasteiger partial charge on any atom is 0.306 e. The molecule has 0 aromatic carbocycles. The molecule has 9 heteroatoms. The Kier molecular flexibility index (Phi) is 35.4. The fourth-order valence-electron chi connectivity index (χ4n) is 7.08. The van der Waals surface area contributed by atoms with Crippen LogP contribution in [0.5, 0.6) is 0 Å². The molecule has 0 radical (unpaired) electrons. The molecule has 1 rings (SSSR count). The molecule has 0 aliphatic carbocycles. The van der Waals surface area contributed by atoms with Crippen LogP contribution in [0, 0.1) is 0 Å². The van der Waals surface area contributed by atoms with Crippen molar-refractivity contribution >= 4 is 5.97 Å². The number of carbonyl (C=O) groups is 1. The first-order valence-corrected chi connectivity index (χ1v) is 22.8. The Bertz CT molecular complexity index is 838. The quantitative estimate of drug-likeness (QED) is 0.0274. The SMILES string of the molecule is CCCCCCCCCC/C=C\CCCCCCCCCCCCOCC(COC1OC(CO)C(O)C(O)C1O)OC(=O)CCCCCCCCCCC. The van der Waals surface area contributed by atoms with Gasteiger partial charge >= 0.3 is 5.97 Å². The lowest BCUT2D eigenvalue weighted by molar-refractivity contribution is -0.305. The van der Waals surface area contributed by atoms with Crippen molar-refractivity contribution in [1.29, 1.82) is 0 Å². The van der Waals surface area contributed by atoms with Gasteiger partial charge in [0.05, 0.1) is 19.8 Å². The van der Waals surface area contributed by atoms with Gasteiger partial charge in [0.25, 0.3) is 0 Å². The van der Waals surface area contributed by atoms with Gasteiger partial charge in [0.1, 0.15) is 30.5 Å². The average Bonchev–Trinajstić information content (AvgIpc) is 3.17. The lowest BCUT2D eigenvalue weighted by Gasteiger charge is -2.39. The van der Waals surface area contributed by atoms with Crippen molar-refractivity contribution < 1.29 is 44.2 Å². The van der Waals surface area contributed by atoms with E-state index in [-0.39, 0.29) is 19.2 Å². The Hall–Kier alpha value is -1.07. The highest BCUT2D eigenvalue weighted by molar-refractivity contribution is 5.69. The fraction of sp³-hybridized carbons (Fsp3) is 0.933. The van der Waals surface area contributed by atoms with Gasteiger partial charge in [0, 0.05) is 13.0 Å². The zero-order valence-electron chi connectivity index (χ0n) is 35.0. The summed E-state index contributed by atoms with van der Waals surface area (Å²) in [4.78, 5) is 12.7. The van der Waals surface area contributed by atoms with Crippen molar-refractivity contribution in [3.05, 3.63) is 12.2 Å². The van der Waals surface area contributed by atoms with Crippen molar-refractivity contribution in [2.45, 2.75) is 243 Å². The number of ether oxygens (including phenoxy) is 4. The minimum atomic E-state index is -1.53. The van der Waals surface area contributed by atoms with Crippen LogP contribution in [0.2, 0.25) is 0 Å². The molecular weight excluding hydrogens is 684 g/mol. The predicted molar refractivity (Wildman–Crippen MR) is 219 cm³/mol. The highest BCUT2D eigenvalue weighted by atomic mass is 16.7. The largest absolute Gasteiger partial charge is 0.457 e. The molecule has 1 heterocycles. The summed E-state index contributed by atoms with van der Waals surface area (Å²) >= 11 is 0. The second-order valence-corrected chi connectivity index (χ2v) is 15.9. The summed E-state index contributed by atoms with van der Waals surface area (Å²) in [7, 11) is 0. The average molecular weight is 771 g/mol. The van der Waals surface area contributed by atoms with Gasteiger partial charge in [-0.1, -0.05) is 174 Å². The van der Waals surface area contributed by atoms with Crippen molar-refractivity contribution in [2.24, 2.45) is 0 Å². The minimum absolute atomic E-state index is 0.109. The zero-order chi connectivity index (χ0) is 39.3. The maximum atomic E-state index is 12.7. The van der Waals surface area contributed by atoms with E-state index in [0.717, 1.165) is 32.1 Å². The molecule has 320 valence electrons. The van der Waals surface area contributed by atoms with Gasteiger partial charge in [-0.05, 0) is 38.5 Å². The van der Waals surface area contributed by atoms with Crippen molar-refractivity contribution in [3.63, 3.8) is 0 Å². The van der Waals surface area contributed by atoms with Crippen LogP contribution in [0.1, 0.15) is 206 Å². The summed E-state index contributed by atoms with van der Waals surface area (Å²) < 4.78 is 22.8. The maximum absolute atomic E-state index is 12.7. The standard InChI is InChI=1S/C45H86O9/c1-3-5-7-9-11-13-14-15-16-17-18-19-20-21-22-23-24-25-27-29-31-33-35-51-37-39(38-52-45-44(50)43(49)42(48)40(36-46)54-45)53-41(47)34-32-30-28-26-12-10-8-6-4-2/h17-18,39-40,42-46,48-50H,3-16,19-38H2,1-2H3/b18-17-. The number of aliphatic hydroxyl groups excluding tert-OH is 4. The number of allylic oxidation sites excluding steroid dienone is 2. The number of rotatable bonds is 39. The Morgan fingerprint density at radius 3 is 1.50 bits per heavy atom. The summed E-state index contributed by atoms with van der Waals surface area (Å²) in [6.45, 7) is 4.56. The molecule has 54 heavy (non-hydrogen) atoms. The third kappa shape index (κ3) is 28.3. The van der Waals surface area contributed by atoms with Gasteiger partial charge in [-0.15, -0.1) is 0 Å². The van der Waals surface area contributed by atoms with E-state index in [1.165, 1.54) is 154 Å². The fourth-order valence-corrected chi connectivity index (χ4v) is 7.08. The van der Waals surface area contributed by atoms with Gasteiger partial charge in [-0.3, -0.25) is 4.79 Å². The van der Waals surface area contributed by atoms with Gasteiger partial charge in [0.2, 0.25) is 0 Å². The van der Waals surface area contributed by atoms with Gasteiger partial charge in [-0.25, -0.2) is 0 Å². The molecule has 0 aromatic heterocycles. The molecule has 4 N–H and O–H groups in total. The van der Waals surface area contributed by atoms with Crippen molar-refractivity contribution in [2.75, 3.05) is 26.4 Å². The monoisotopic (exact) mass is 771 g/mol. The molecular formula is C45H86O9. The summed E-state index contributed by atoms with van der Waals surface area (Å²) in [6.07, 6.45) is 34.0. The second kappa shape index (κ2) is 37.5. The first-order chi connectivity index (χ1) is 26.4. The number of hydrogen-bond acceptors (Lipinski definition) is 9. The van der Waals surface area contributed by atoms with Gasteiger partial charge in [0.15, 0.2) is 6.29 Å². The van der Waals surface area contributed by atoms with E-state index in [2.05, 4.69) is 26.0 Å². The predicted octanol–water partition coefficient (Wildman–Crippen LogP) is 10.0. The van der Waals surface area contributed by atoms with Crippen molar-refractivity contribution in [1.82, 2.24) is 0 Å². The van der Waals surface area contributed by atoms with Crippen LogP contribution in [-0.2, 0) is 23.7 Å². The first-order valence-electron chi connectivity index (χ1n) is 22.8. The molecule has 0 aromatic rings. The van der Waals surface area contributed by atoms with E-state index in [1.807, 2.05) is 0 Å². The van der Waals surface area contributed by atoms with E-state index >= 15 is 0 Å². The van der Waals surface area contributed by atoms with Crippen LogP contribution in [0.4, 0.5) is 0 Å². The molecule has 0 bridgehead atoms. The molecule has 0 saturated carbocycles. The first kappa shape index (κ1) is 50.9. The van der Waals surface area contributed by atoms with Gasteiger partial charge < -0.3 is 39.4 Å².